The second-order valence-electron chi connectivity index (χ2n) is 5.08. The van der Waals surface area contributed by atoms with Crippen LogP contribution in [0, 0.1) is 0 Å². The first kappa shape index (κ1) is 20.7. The summed E-state index contributed by atoms with van der Waals surface area (Å²) in [6.07, 6.45) is 1.42. The number of halogens is 2. The number of nitrogens with zero attached hydrogens (tertiary/aromatic N) is 1. The van der Waals surface area contributed by atoms with Gasteiger partial charge in [0.2, 0.25) is 5.75 Å². The van der Waals surface area contributed by atoms with Gasteiger partial charge in [-0.3, -0.25) is 4.79 Å². The van der Waals surface area contributed by atoms with Crippen LogP contribution in [0.15, 0.2) is 35.4 Å². The smallest absolute Gasteiger partial charge is 0.277 e. The van der Waals surface area contributed by atoms with Crippen molar-refractivity contribution in [2.75, 3.05) is 27.9 Å². The molecule has 7 nitrogen and oxygen atoms in total. The summed E-state index contributed by atoms with van der Waals surface area (Å²) in [5.74, 6) is 1.26. The van der Waals surface area contributed by atoms with Crippen molar-refractivity contribution in [3.63, 3.8) is 0 Å². The van der Waals surface area contributed by atoms with E-state index in [1.807, 2.05) is 0 Å². The fourth-order valence-electron chi connectivity index (χ4n) is 2.17. The average Bonchev–Trinajstić information content (AvgIpc) is 2.66. The Hall–Kier alpha value is -2.64. The number of rotatable bonds is 8. The number of ether oxygens (including phenoxy) is 4. The van der Waals surface area contributed by atoms with Gasteiger partial charge in [-0.05, 0) is 30.3 Å². The third kappa shape index (κ3) is 5.42. The highest BCUT2D eigenvalue weighted by atomic mass is 35.5. The van der Waals surface area contributed by atoms with Crippen molar-refractivity contribution in [1.82, 2.24) is 5.43 Å². The van der Waals surface area contributed by atoms with Crippen molar-refractivity contribution >= 4 is 35.3 Å². The van der Waals surface area contributed by atoms with Crippen molar-refractivity contribution in [2.24, 2.45) is 5.10 Å². The molecular formula is C18H18Cl2N2O5. The van der Waals surface area contributed by atoms with Crippen LogP contribution in [0.3, 0.4) is 0 Å². The number of carbonyl (C=O) groups excluding carboxylic acids is 1. The van der Waals surface area contributed by atoms with Crippen LogP contribution in [0.1, 0.15) is 5.56 Å². The highest BCUT2D eigenvalue weighted by molar-refractivity contribution is 6.35. The predicted octanol–water partition coefficient (Wildman–Crippen LogP) is 3.55. The first-order valence-corrected chi connectivity index (χ1v) is 8.44. The maximum Gasteiger partial charge on any atom is 0.277 e. The number of hydrazone groups is 1. The first-order chi connectivity index (χ1) is 13.0. The molecule has 0 radical (unpaired) electrons. The van der Waals surface area contributed by atoms with E-state index in [0.717, 1.165) is 0 Å². The Bertz CT molecular complexity index is 843. The van der Waals surface area contributed by atoms with Crippen LogP contribution in [-0.4, -0.2) is 40.1 Å². The van der Waals surface area contributed by atoms with Gasteiger partial charge in [0.1, 0.15) is 5.75 Å². The third-order valence-corrected chi connectivity index (χ3v) is 3.91. The fraction of sp³-hybridized carbons (Fsp3) is 0.222. The van der Waals surface area contributed by atoms with E-state index in [2.05, 4.69) is 10.5 Å². The molecule has 0 bridgehead atoms. The lowest BCUT2D eigenvalue weighted by Gasteiger charge is -2.13. The second-order valence-corrected chi connectivity index (χ2v) is 5.92. The zero-order valence-electron chi connectivity index (χ0n) is 14.9. The number of nitrogens with one attached hydrogen (secondary N) is 1. The minimum Gasteiger partial charge on any atom is -0.493 e. The van der Waals surface area contributed by atoms with Gasteiger partial charge in [0.15, 0.2) is 18.1 Å². The van der Waals surface area contributed by atoms with Crippen molar-refractivity contribution in [3.05, 3.63) is 45.9 Å². The normalized spacial score (nSPS) is 10.6. The van der Waals surface area contributed by atoms with E-state index in [4.69, 9.17) is 42.1 Å². The summed E-state index contributed by atoms with van der Waals surface area (Å²) in [6.45, 7) is -0.262. The minimum atomic E-state index is -0.461. The molecule has 9 heteroatoms. The zero-order chi connectivity index (χ0) is 19.8. The Morgan fingerprint density at radius 3 is 2.37 bits per heavy atom. The van der Waals surface area contributed by atoms with Crippen LogP contribution in [0.4, 0.5) is 0 Å². The Balaban J connectivity index is 1.99. The molecule has 1 N–H and O–H groups in total. The van der Waals surface area contributed by atoms with Gasteiger partial charge in [-0.25, -0.2) is 5.43 Å². The molecule has 0 fully saturated rings. The summed E-state index contributed by atoms with van der Waals surface area (Å²) in [6, 6.07) is 8.14. The summed E-state index contributed by atoms with van der Waals surface area (Å²) < 4.78 is 21.2. The maximum absolute atomic E-state index is 11.9. The monoisotopic (exact) mass is 412 g/mol. The largest absolute Gasteiger partial charge is 0.493 e. The van der Waals surface area contributed by atoms with Gasteiger partial charge < -0.3 is 18.9 Å². The van der Waals surface area contributed by atoms with E-state index < -0.39 is 5.91 Å². The van der Waals surface area contributed by atoms with E-state index in [-0.39, 0.29) is 6.61 Å². The molecule has 0 aliphatic rings. The van der Waals surface area contributed by atoms with E-state index in [1.165, 1.54) is 33.6 Å². The van der Waals surface area contributed by atoms with Gasteiger partial charge in [-0.15, -0.1) is 0 Å². The average molecular weight is 413 g/mol. The number of hydrogen-bond donors (Lipinski definition) is 1. The number of hydrogen-bond acceptors (Lipinski definition) is 6. The summed E-state index contributed by atoms with van der Waals surface area (Å²) >= 11 is 11.8. The summed E-state index contributed by atoms with van der Waals surface area (Å²) in [5, 5.41) is 4.69. The molecule has 0 saturated heterocycles. The lowest BCUT2D eigenvalue weighted by Crippen LogP contribution is -2.24. The number of amides is 1. The molecule has 1 amide bonds. The lowest BCUT2D eigenvalue weighted by molar-refractivity contribution is -0.123. The summed E-state index contributed by atoms with van der Waals surface area (Å²) in [7, 11) is 4.53. The second kappa shape index (κ2) is 9.89. The molecule has 27 heavy (non-hydrogen) atoms. The van der Waals surface area contributed by atoms with Crippen molar-refractivity contribution in [2.45, 2.75) is 0 Å². The van der Waals surface area contributed by atoms with E-state index in [9.17, 15) is 4.79 Å². The predicted molar refractivity (Wildman–Crippen MR) is 104 cm³/mol. The molecule has 0 unspecified atom stereocenters. The van der Waals surface area contributed by atoms with Crippen molar-refractivity contribution < 1.29 is 23.7 Å². The minimum absolute atomic E-state index is 0.262. The third-order valence-electron chi connectivity index (χ3n) is 3.38. The van der Waals surface area contributed by atoms with Crippen LogP contribution < -0.4 is 24.4 Å². The molecular weight excluding hydrogens is 395 g/mol. The molecule has 0 aromatic heterocycles. The van der Waals surface area contributed by atoms with Crippen LogP contribution in [0.25, 0.3) is 0 Å². The molecule has 144 valence electrons. The van der Waals surface area contributed by atoms with E-state index in [0.29, 0.717) is 38.6 Å². The van der Waals surface area contributed by atoms with Gasteiger partial charge in [0.25, 0.3) is 5.91 Å². The Kier molecular flexibility index (Phi) is 7.57. The standard InChI is InChI=1S/C18H18Cl2N2O5/c1-24-15-6-4-11(17(25-2)18(15)26-3)9-21-22-16(23)10-27-14-7-5-12(19)8-13(14)20/h4-9H,10H2,1-3H3,(H,22,23). The topological polar surface area (TPSA) is 78.4 Å². The lowest BCUT2D eigenvalue weighted by atomic mass is 10.2. The zero-order valence-corrected chi connectivity index (χ0v) is 16.4. The van der Waals surface area contributed by atoms with Crippen LogP contribution in [0.5, 0.6) is 23.0 Å². The fourth-order valence-corrected chi connectivity index (χ4v) is 2.63. The molecule has 0 atom stereocenters. The van der Waals surface area contributed by atoms with Crippen LogP contribution in [0.2, 0.25) is 10.0 Å². The molecule has 2 aromatic carbocycles. The SMILES string of the molecule is COc1ccc(C=NNC(=O)COc2ccc(Cl)cc2Cl)c(OC)c1OC. The quantitative estimate of drug-likeness (QED) is 0.529. The maximum atomic E-state index is 11.9. The Morgan fingerprint density at radius 1 is 1.04 bits per heavy atom. The summed E-state index contributed by atoms with van der Waals surface area (Å²) in [5.41, 5.74) is 2.95. The van der Waals surface area contributed by atoms with Crippen LogP contribution in [-0.2, 0) is 4.79 Å². The van der Waals surface area contributed by atoms with Crippen molar-refractivity contribution in [1.29, 1.82) is 0 Å². The molecule has 0 saturated carbocycles. The molecule has 2 aromatic rings. The van der Waals surface area contributed by atoms with Gasteiger partial charge in [-0.2, -0.15) is 5.10 Å². The number of carbonyl (C=O) groups is 1. The molecule has 2 rings (SSSR count). The van der Waals surface area contributed by atoms with E-state index >= 15 is 0 Å². The van der Waals surface area contributed by atoms with E-state index in [1.54, 1.807) is 24.3 Å². The van der Waals surface area contributed by atoms with Gasteiger partial charge >= 0.3 is 0 Å². The van der Waals surface area contributed by atoms with Gasteiger partial charge in [0, 0.05) is 10.6 Å². The molecule has 0 aliphatic heterocycles. The molecule has 0 heterocycles. The summed E-state index contributed by atoms with van der Waals surface area (Å²) in [4.78, 5) is 11.9. The number of benzene rings is 2. The number of methoxy groups -OCH3 is 3. The van der Waals surface area contributed by atoms with Gasteiger partial charge in [0.05, 0.1) is 32.6 Å². The first-order valence-electron chi connectivity index (χ1n) is 7.68. The van der Waals surface area contributed by atoms with Gasteiger partial charge in [-0.1, -0.05) is 23.2 Å². The molecule has 0 spiro atoms. The highest BCUT2D eigenvalue weighted by Crippen LogP contribution is 2.38. The Labute approximate surface area is 166 Å². The molecule has 0 aliphatic carbocycles. The Morgan fingerprint density at radius 2 is 1.74 bits per heavy atom. The highest BCUT2D eigenvalue weighted by Gasteiger charge is 2.14. The van der Waals surface area contributed by atoms with Crippen molar-refractivity contribution in [3.8, 4) is 23.0 Å². The van der Waals surface area contributed by atoms with Crippen LogP contribution >= 0.6 is 23.2 Å².